The second kappa shape index (κ2) is 3.26. The lowest BCUT2D eigenvalue weighted by atomic mass is 10.2. The van der Waals surface area contributed by atoms with Gasteiger partial charge in [-0.25, -0.2) is 4.79 Å². The van der Waals surface area contributed by atoms with Crippen molar-refractivity contribution in [2.24, 2.45) is 0 Å². The summed E-state index contributed by atoms with van der Waals surface area (Å²) in [5, 5.41) is 8.61. The lowest BCUT2D eigenvalue weighted by Crippen LogP contribution is -2.47. The highest BCUT2D eigenvalue weighted by Crippen LogP contribution is 2.05. The summed E-state index contributed by atoms with van der Waals surface area (Å²) in [7, 11) is 0. The largest absolute Gasteiger partial charge is 0.465 e. The predicted octanol–water partition coefficient (Wildman–Crippen LogP) is -0.00160. The molecular formula is C7H9NO3. The molecule has 60 valence electrons. The maximum atomic E-state index is 10.5. The summed E-state index contributed by atoms with van der Waals surface area (Å²) in [5.41, 5.74) is 0. The topological polar surface area (TPSA) is 49.8 Å². The van der Waals surface area contributed by atoms with E-state index in [-0.39, 0.29) is 0 Å². The molecule has 1 atom stereocenters. The second-order valence-corrected chi connectivity index (χ2v) is 2.23. The molecule has 4 heteroatoms. The summed E-state index contributed by atoms with van der Waals surface area (Å²) in [6.45, 7) is 1.11. The van der Waals surface area contributed by atoms with E-state index in [2.05, 4.69) is 5.92 Å². The Morgan fingerprint density at radius 3 is 3.00 bits per heavy atom. The van der Waals surface area contributed by atoms with Crippen LogP contribution in [0.3, 0.4) is 0 Å². The van der Waals surface area contributed by atoms with Crippen LogP contribution in [0.2, 0.25) is 0 Å². The van der Waals surface area contributed by atoms with Crippen LogP contribution >= 0.6 is 0 Å². The SMILES string of the molecule is C#C[C@@H]1COCCN1C(=O)O. The molecule has 1 aliphatic rings. The Hall–Kier alpha value is -1.21. The number of nitrogens with zero attached hydrogens (tertiary/aromatic N) is 1. The van der Waals surface area contributed by atoms with Crippen LogP contribution in [-0.2, 0) is 4.74 Å². The van der Waals surface area contributed by atoms with Crippen LogP contribution in [0, 0.1) is 12.3 Å². The predicted molar refractivity (Wildman–Crippen MR) is 38.2 cm³/mol. The van der Waals surface area contributed by atoms with Crippen molar-refractivity contribution in [3.63, 3.8) is 0 Å². The first-order valence-electron chi connectivity index (χ1n) is 3.29. The lowest BCUT2D eigenvalue weighted by molar-refractivity contribution is 0.0184. The van der Waals surface area contributed by atoms with Gasteiger partial charge in [0.1, 0.15) is 6.04 Å². The van der Waals surface area contributed by atoms with Gasteiger partial charge in [-0.15, -0.1) is 6.42 Å². The summed E-state index contributed by atoms with van der Waals surface area (Å²) in [4.78, 5) is 11.7. The second-order valence-electron chi connectivity index (χ2n) is 2.23. The van der Waals surface area contributed by atoms with E-state index < -0.39 is 12.1 Å². The molecule has 0 aromatic carbocycles. The van der Waals surface area contributed by atoms with Crippen LogP contribution in [0.4, 0.5) is 4.79 Å². The molecule has 4 nitrogen and oxygen atoms in total. The fraction of sp³-hybridized carbons (Fsp3) is 0.571. The van der Waals surface area contributed by atoms with Gasteiger partial charge in [0.05, 0.1) is 13.2 Å². The maximum Gasteiger partial charge on any atom is 0.408 e. The Morgan fingerprint density at radius 1 is 1.82 bits per heavy atom. The Labute approximate surface area is 64.8 Å². The third-order valence-electron chi connectivity index (χ3n) is 1.57. The summed E-state index contributed by atoms with van der Waals surface area (Å²) < 4.78 is 5.01. The van der Waals surface area contributed by atoms with E-state index in [9.17, 15) is 4.79 Å². The summed E-state index contributed by atoms with van der Waals surface area (Å²) in [5.74, 6) is 2.36. The van der Waals surface area contributed by atoms with E-state index in [0.29, 0.717) is 19.8 Å². The first-order chi connectivity index (χ1) is 5.25. The third kappa shape index (κ3) is 1.63. The van der Waals surface area contributed by atoms with Crippen molar-refractivity contribution in [2.45, 2.75) is 6.04 Å². The molecule has 1 aliphatic heterocycles. The number of rotatable bonds is 0. The molecule has 0 spiro atoms. The number of hydrogen-bond donors (Lipinski definition) is 1. The van der Waals surface area contributed by atoms with Crippen LogP contribution in [0.5, 0.6) is 0 Å². The van der Waals surface area contributed by atoms with Gasteiger partial charge in [-0.3, -0.25) is 4.90 Å². The Morgan fingerprint density at radius 2 is 2.55 bits per heavy atom. The molecular weight excluding hydrogens is 146 g/mol. The van der Waals surface area contributed by atoms with E-state index >= 15 is 0 Å². The quantitative estimate of drug-likeness (QED) is 0.501. The van der Waals surface area contributed by atoms with Crippen LogP contribution in [0.25, 0.3) is 0 Å². The van der Waals surface area contributed by atoms with Gasteiger partial charge in [0.25, 0.3) is 0 Å². The summed E-state index contributed by atoms with van der Waals surface area (Å²) >= 11 is 0. The Bertz CT molecular complexity index is 196. The molecule has 1 amide bonds. The molecule has 0 aromatic rings. The number of ether oxygens (including phenoxy) is 1. The van der Waals surface area contributed by atoms with Crippen molar-refractivity contribution in [2.75, 3.05) is 19.8 Å². The fourth-order valence-electron chi connectivity index (χ4n) is 0.971. The van der Waals surface area contributed by atoms with E-state index in [0.717, 1.165) is 0 Å². The number of amides is 1. The Kier molecular flexibility index (Phi) is 2.34. The molecule has 0 saturated carbocycles. The van der Waals surface area contributed by atoms with E-state index in [1.165, 1.54) is 4.90 Å². The zero-order valence-electron chi connectivity index (χ0n) is 5.99. The van der Waals surface area contributed by atoms with Crippen molar-refractivity contribution in [3.05, 3.63) is 0 Å². The molecule has 1 rings (SSSR count). The average molecular weight is 155 g/mol. The molecule has 1 saturated heterocycles. The molecule has 0 aromatic heterocycles. The van der Waals surface area contributed by atoms with Gasteiger partial charge >= 0.3 is 6.09 Å². The first-order valence-corrected chi connectivity index (χ1v) is 3.29. The van der Waals surface area contributed by atoms with Crippen LogP contribution in [0.1, 0.15) is 0 Å². The highest BCUT2D eigenvalue weighted by atomic mass is 16.5. The van der Waals surface area contributed by atoms with Gasteiger partial charge in [0.15, 0.2) is 0 Å². The van der Waals surface area contributed by atoms with E-state index in [1.54, 1.807) is 0 Å². The highest BCUT2D eigenvalue weighted by Gasteiger charge is 2.24. The van der Waals surface area contributed by atoms with Gasteiger partial charge in [-0.1, -0.05) is 5.92 Å². The molecule has 0 radical (unpaired) electrons. The number of carboxylic acid groups (broad SMARTS) is 1. The van der Waals surface area contributed by atoms with Gasteiger partial charge < -0.3 is 9.84 Å². The van der Waals surface area contributed by atoms with E-state index in [1.807, 2.05) is 0 Å². The van der Waals surface area contributed by atoms with Gasteiger partial charge in [0, 0.05) is 6.54 Å². The molecule has 1 fully saturated rings. The number of morpholine rings is 1. The average Bonchev–Trinajstić information content (AvgIpc) is 2.04. The minimum Gasteiger partial charge on any atom is -0.465 e. The maximum absolute atomic E-state index is 10.5. The zero-order valence-corrected chi connectivity index (χ0v) is 5.99. The highest BCUT2D eigenvalue weighted by molar-refractivity contribution is 5.66. The van der Waals surface area contributed by atoms with Crippen molar-refractivity contribution >= 4 is 6.09 Å². The van der Waals surface area contributed by atoms with Crippen molar-refractivity contribution in [3.8, 4) is 12.3 Å². The third-order valence-corrected chi connectivity index (χ3v) is 1.57. The number of terminal acetylenes is 1. The molecule has 1 heterocycles. The molecule has 11 heavy (non-hydrogen) atoms. The van der Waals surface area contributed by atoms with Gasteiger partial charge in [0.2, 0.25) is 0 Å². The smallest absolute Gasteiger partial charge is 0.408 e. The Balaban J connectivity index is 2.60. The van der Waals surface area contributed by atoms with Crippen LogP contribution < -0.4 is 0 Å². The molecule has 0 aliphatic carbocycles. The minimum atomic E-state index is -0.976. The van der Waals surface area contributed by atoms with Crippen LogP contribution in [0.15, 0.2) is 0 Å². The van der Waals surface area contributed by atoms with Gasteiger partial charge in [-0.2, -0.15) is 0 Å². The van der Waals surface area contributed by atoms with Crippen molar-refractivity contribution in [1.82, 2.24) is 4.90 Å². The van der Waals surface area contributed by atoms with Gasteiger partial charge in [-0.05, 0) is 0 Å². The monoisotopic (exact) mass is 155 g/mol. The summed E-state index contributed by atoms with van der Waals surface area (Å²) in [6.07, 6.45) is 4.12. The zero-order chi connectivity index (χ0) is 8.27. The number of hydrogen-bond acceptors (Lipinski definition) is 2. The minimum absolute atomic E-state index is 0.308. The molecule has 1 N–H and O–H groups in total. The lowest BCUT2D eigenvalue weighted by Gasteiger charge is -2.29. The standard InChI is InChI=1S/C7H9NO3/c1-2-6-5-11-4-3-8(6)7(9)10/h1,6H,3-5H2,(H,9,10)/t6-/m1/s1. The molecule has 0 unspecified atom stereocenters. The van der Waals surface area contributed by atoms with Crippen molar-refractivity contribution < 1.29 is 14.6 Å². The first kappa shape index (κ1) is 7.89. The molecule has 0 bridgehead atoms. The number of carbonyl (C=O) groups is 1. The fourth-order valence-corrected chi connectivity index (χ4v) is 0.971. The normalized spacial score (nSPS) is 24.3. The summed E-state index contributed by atoms with van der Waals surface area (Å²) in [6, 6.07) is -0.416. The van der Waals surface area contributed by atoms with Crippen molar-refractivity contribution in [1.29, 1.82) is 0 Å². The van der Waals surface area contributed by atoms with Crippen LogP contribution in [-0.4, -0.2) is 41.9 Å². The van der Waals surface area contributed by atoms with E-state index in [4.69, 9.17) is 16.3 Å².